The Morgan fingerprint density at radius 1 is 1.20 bits per heavy atom. The van der Waals surface area contributed by atoms with Gasteiger partial charge in [0.25, 0.3) is 6.17 Å². The van der Waals surface area contributed by atoms with Crippen molar-refractivity contribution in [1.82, 2.24) is 4.90 Å². The van der Waals surface area contributed by atoms with Gasteiger partial charge in [-0.1, -0.05) is 65.9 Å². The van der Waals surface area contributed by atoms with Gasteiger partial charge in [0, 0.05) is 10.6 Å². The first kappa shape index (κ1) is 18.2. The van der Waals surface area contributed by atoms with Crippen LogP contribution in [-0.2, 0) is 6.54 Å². The van der Waals surface area contributed by atoms with Gasteiger partial charge >= 0.3 is 0 Å². The fraction of sp³-hybridized carbons (Fsp3) is 0.263. The molecule has 3 rings (SSSR count). The molecule has 0 radical (unpaired) electrons. The summed E-state index contributed by atoms with van der Waals surface area (Å²) in [6.45, 7) is 4.73. The normalized spacial score (nSPS) is 20.1. The van der Waals surface area contributed by atoms with Crippen LogP contribution >= 0.6 is 35.6 Å². The van der Waals surface area contributed by atoms with Crippen LogP contribution in [0, 0.1) is 5.21 Å². The van der Waals surface area contributed by atoms with E-state index in [9.17, 15) is 5.21 Å². The predicted molar refractivity (Wildman–Crippen MR) is 110 cm³/mol. The van der Waals surface area contributed by atoms with E-state index in [1.165, 1.54) is 0 Å². The lowest BCUT2D eigenvalue weighted by atomic mass is 10.1. The summed E-state index contributed by atoms with van der Waals surface area (Å²) in [4.78, 5) is 2.01. The highest BCUT2D eigenvalue weighted by Gasteiger charge is 2.50. The van der Waals surface area contributed by atoms with E-state index in [1.54, 1.807) is 30.1 Å². The van der Waals surface area contributed by atoms with Crippen molar-refractivity contribution >= 4 is 46.1 Å². The second kappa shape index (κ2) is 7.36. The molecule has 1 heterocycles. The fourth-order valence-corrected chi connectivity index (χ4v) is 4.96. The molecule has 0 amide bonds. The van der Waals surface area contributed by atoms with Crippen molar-refractivity contribution in [1.29, 1.82) is 0 Å². The Balaban J connectivity index is 1.91. The van der Waals surface area contributed by atoms with Crippen LogP contribution in [0.5, 0.6) is 0 Å². The maximum absolute atomic E-state index is 13.0. The zero-order valence-corrected chi connectivity index (χ0v) is 16.4. The quantitative estimate of drug-likeness (QED) is 0.244. The SMILES string of the molecule is CC1(C)SC(=S)N(Cc2ccccc2)[C@@H]1/[N+]([O-])=C/c1ccc(Cl)cc1. The van der Waals surface area contributed by atoms with Crippen LogP contribution in [0.3, 0.4) is 0 Å². The molecular weight excluding hydrogens is 372 g/mol. The number of rotatable bonds is 4. The highest BCUT2D eigenvalue weighted by molar-refractivity contribution is 8.24. The van der Waals surface area contributed by atoms with E-state index in [2.05, 4.69) is 13.8 Å². The van der Waals surface area contributed by atoms with Gasteiger partial charge < -0.3 is 5.21 Å². The lowest BCUT2D eigenvalue weighted by Gasteiger charge is -2.29. The van der Waals surface area contributed by atoms with Gasteiger partial charge in [0.1, 0.15) is 9.07 Å². The van der Waals surface area contributed by atoms with E-state index in [0.29, 0.717) is 11.6 Å². The van der Waals surface area contributed by atoms with E-state index in [1.807, 2.05) is 47.4 Å². The Labute approximate surface area is 162 Å². The Kier molecular flexibility index (Phi) is 5.37. The number of thioether (sulfide) groups is 1. The van der Waals surface area contributed by atoms with E-state index >= 15 is 0 Å². The molecule has 0 aliphatic carbocycles. The van der Waals surface area contributed by atoms with E-state index in [-0.39, 0.29) is 10.9 Å². The van der Waals surface area contributed by atoms with Crippen molar-refractivity contribution in [3.63, 3.8) is 0 Å². The molecule has 0 saturated carbocycles. The molecule has 0 spiro atoms. The molecule has 2 aromatic rings. The Hall–Kier alpha value is -1.56. The highest BCUT2D eigenvalue weighted by Crippen LogP contribution is 2.42. The standard InChI is InChI=1S/C19H19ClN2OS2/c1-19(2)17(22(23)13-15-8-10-16(20)11-9-15)21(18(24)25-19)12-14-6-4-3-5-7-14/h3-11,13,17H,12H2,1-2H3/b22-13-/t17-/m1/s1. The Bertz CT molecular complexity index is 791. The minimum absolute atomic E-state index is 0.309. The Morgan fingerprint density at radius 2 is 1.84 bits per heavy atom. The molecular formula is C19H19ClN2OS2. The van der Waals surface area contributed by atoms with Crippen LogP contribution in [0.25, 0.3) is 0 Å². The summed E-state index contributed by atoms with van der Waals surface area (Å²) in [5.74, 6) is 0. The van der Waals surface area contributed by atoms with Crippen LogP contribution in [0.4, 0.5) is 0 Å². The van der Waals surface area contributed by atoms with Gasteiger partial charge in [0.15, 0.2) is 6.21 Å². The maximum Gasteiger partial charge on any atom is 0.254 e. The van der Waals surface area contributed by atoms with Gasteiger partial charge in [-0.2, -0.15) is 4.74 Å². The molecule has 0 aromatic heterocycles. The Morgan fingerprint density at radius 3 is 2.48 bits per heavy atom. The summed E-state index contributed by atoms with van der Waals surface area (Å²) >= 11 is 13.1. The van der Waals surface area contributed by atoms with Gasteiger partial charge in [0.2, 0.25) is 0 Å². The van der Waals surface area contributed by atoms with Gasteiger partial charge in [-0.05, 0) is 43.7 Å². The molecule has 0 bridgehead atoms. The third-order valence-corrected chi connectivity index (χ3v) is 5.97. The lowest BCUT2D eigenvalue weighted by molar-refractivity contribution is -0.524. The first-order valence-electron chi connectivity index (χ1n) is 7.96. The van der Waals surface area contributed by atoms with Crippen LogP contribution in [0.1, 0.15) is 25.0 Å². The average Bonchev–Trinajstić information content (AvgIpc) is 2.79. The van der Waals surface area contributed by atoms with E-state index in [0.717, 1.165) is 20.2 Å². The molecule has 1 fully saturated rings. The molecule has 1 atom stereocenters. The molecule has 25 heavy (non-hydrogen) atoms. The topological polar surface area (TPSA) is 29.3 Å². The van der Waals surface area contributed by atoms with Gasteiger partial charge in [-0.25, -0.2) is 0 Å². The van der Waals surface area contributed by atoms with Crippen LogP contribution in [-0.4, -0.2) is 31.1 Å². The summed E-state index contributed by atoms with van der Waals surface area (Å²) in [5.41, 5.74) is 1.95. The van der Waals surface area contributed by atoms with E-state index in [4.69, 9.17) is 23.8 Å². The van der Waals surface area contributed by atoms with E-state index < -0.39 is 0 Å². The molecule has 130 valence electrons. The third kappa shape index (κ3) is 4.17. The molecule has 6 heteroatoms. The van der Waals surface area contributed by atoms with Crippen LogP contribution in [0.2, 0.25) is 5.02 Å². The van der Waals surface area contributed by atoms with Gasteiger partial charge in [0.05, 0.1) is 6.54 Å². The number of hydrogen-bond donors (Lipinski definition) is 0. The summed E-state index contributed by atoms with van der Waals surface area (Å²) < 4.78 is 1.46. The number of thiocarbonyl (C=S) groups is 1. The third-order valence-electron chi connectivity index (χ3n) is 4.09. The van der Waals surface area contributed by atoms with Gasteiger partial charge in [-0.3, -0.25) is 4.90 Å². The van der Waals surface area contributed by atoms with Crippen LogP contribution in [0.15, 0.2) is 54.6 Å². The zero-order valence-electron chi connectivity index (χ0n) is 14.1. The lowest BCUT2D eigenvalue weighted by Crippen LogP contribution is -2.47. The molecule has 1 aliphatic heterocycles. The monoisotopic (exact) mass is 390 g/mol. The van der Waals surface area contributed by atoms with Crippen molar-refractivity contribution in [2.45, 2.75) is 31.3 Å². The van der Waals surface area contributed by atoms with Crippen molar-refractivity contribution in [2.75, 3.05) is 0 Å². The molecule has 2 aromatic carbocycles. The molecule has 0 unspecified atom stereocenters. The summed E-state index contributed by atoms with van der Waals surface area (Å²) in [6, 6.07) is 17.3. The smallest absolute Gasteiger partial charge is 0.254 e. The maximum atomic E-state index is 13.0. The fourth-order valence-electron chi connectivity index (χ4n) is 2.95. The van der Waals surface area contributed by atoms with Crippen molar-refractivity contribution in [3.8, 4) is 0 Å². The second-order valence-electron chi connectivity index (χ2n) is 6.50. The minimum atomic E-state index is -0.374. The van der Waals surface area contributed by atoms with Crippen LogP contribution < -0.4 is 0 Å². The average molecular weight is 391 g/mol. The second-order valence-corrected chi connectivity index (χ2v) is 9.22. The number of nitrogens with zero attached hydrogens (tertiary/aromatic N) is 2. The number of hydrogen-bond acceptors (Lipinski definition) is 3. The zero-order chi connectivity index (χ0) is 18.0. The molecule has 3 nitrogen and oxygen atoms in total. The molecule has 1 aliphatic rings. The van der Waals surface area contributed by atoms with Gasteiger partial charge in [-0.15, -0.1) is 0 Å². The number of halogens is 1. The summed E-state index contributed by atoms with van der Waals surface area (Å²) in [5, 5.41) is 13.6. The number of benzene rings is 2. The largest absolute Gasteiger partial charge is 0.622 e. The number of hydroxylamine groups is 1. The molecule has 0 N–H and O–H groups in total. The first-order valence-corrected chi connectivity index (χ1v) is 9.56. The first-order chi connectivity index (χ1) is 11.9. The minimum Gasteiger partial charge on any atom is -0.622 e. The summed E-state index contributed by atoms with van der Waals surface area (Å²) in [7, 11) is 0. The predicted octanol–water partition coefficient (Wildman–Crippen LogP) is 4.91. The molecule has 1 saturated heterocycles. The summed E-state index contributed by atoms with van der Waals surface area (Å²) in [6.07, 6.45) is 1.23. The highest BCUT2D eigenvalue weighted by atomic mass is 35.5. The van der Waals surface area contributed by atoms with Crippen molar-refractivity contribution in [3.05, 3.63) is 76.0 Å². The van der Waals surface area contributed by atoms with Crippen molar-refractivity contribution in [2.24, 2.45) is 0 Å². The van der Waals surface area contributed by atoms with Crippen molar-refractivity contribution < 1.29 is 4.74 Å².